The third kappa shape index (κ3) is 3.75. The SMILES string of the molecule is CS(=O)CCn1c(CCC(=O)O)nc2ccccc2c1=O. The van der Waals surface area contributed by atoms with Crippen LogP contribution in [0.15, 0.2) is 29.1 Å². The van der Waals surface area contributed by atoms with Crippen LogP contribution < -0.4 is 5.56 Å². The average Bonchev–Trinajstić information content (AvgIpc) is 2.44. The number of hydrogen-bond acceptors (Lipinski definition) is 4. The Hall–Kier alpha value is -2.02. The number of benzene rings is 1. The van der Waals surface area contributed by atoms with E-state index in [0.29, 0.717) is 22.5 Å². The predicted molar refractivity (Wildman–Crippen MR) is 80.9 cm³/mol. The van der Waals surface area contributed by atoms with Gasteiger partial charge in [-0.25, -0.2) is 4.98 Å². The van der Waals surface area contributed by atoms with E-state index in [4.69, 9.17) is 5.11 Å². The number of aryl methyl sites for hydroxylation is 1. The summed E-state index contributed by atoms with van der Waals surface area (Å²) >= 11 is 0. The van der Waals surface area contributed by atoms with Crippen LogP contribution >= 0.6 is 0 Å². The lowest BCUT2D eigenvalue weighted by molar-refractivity contribution is -0.137. The second-order valence-electron chi connectivity index (χ2n) is 4.67. The number of aromatic nitrogens is 2. The first-order valence-corrected chi connectivity index (χ1v) is 8.22. The van der Waals surface area contributed by atoms with Gasteiger partial charge in [-0.05, 0) is 12.1 Å². The summed E-state index contributed by atoms with van der Waals surface area (Å²) in [5.74, 6) is -0.186. The van der Waals surface area contributed by atoms with E-state index in [0.717, 1.165) is 0 Å². The van der Waals surface area contributed by atoms with Crippen molar-refractivity contribution in [3.8, 4) is 0 Å². The van der Waals surface area contributed by atoms with E-state index in [1.807, 2.05) is 0 Å². The highest BCUT2D eigenvalue weighted by Gasteiger charge is 2.12. The molecule has 1 aromatic carbocycles. The first-order chi connectivity index (χ1) is 9.99. The van der Waals surface area contributed by atoms with Gasteiger partial charge in [0.2, 0.25) is 0 Å². The van der Waals surface area contributed by atoms with Crippen LogP contribution in [-0.2, 0) is 28.6 Å². The van der Waals surface area contributed by atoms with E-state index >= 15 is 0 Å². The van der Waals surface area contributed by atoms with Crippen LogP contribution in [0.2, 0.25) is 0 Å². The minimum Gasteiger partial charge on any atom is -0.481 e. The van der Waals surface area contributed by atoms with Crippen molar-refractivity contribution < 1.29 is 14.1 Å². The van der Waals surface area contributed by atoms with Gasteiger partial charge in [-0.2, -0.15) is 0 Å². The number of nitrogens with zero attached hydrogens (tertiary/aromatic N) is 2. The number of aliphatic carboxylic acids is 1. The lowest BCUT2D eigenvalue weighted by Crippen LogP contribution is -2.28. The molecule has 2 rings (SSSR count). The number of hydrogen-bond donors (Lipinski definition) is 1. The van der Waals surface area contributed by atoms with E-state index < -0.39 is 16.8 Å². The summed E-state index contributed by atoms with van der Waals surface area (Å²) in [7, 11) is -1.03. The summed E-state index contributed by atoms with van der Waals surface area (Å²) in [6, 6.07) is 6.94. The molecule has 0 radical (unpaired) electrons. The third-order valence-electron chi connectivity index (χ3n) is 3.11. The summed E-state index contributed by atoms with van der Waals surface area (Å²) in [6.45, 7) is 0.273. The van der Waals surface area contributed by atoms with E-state index in [1.165, 1.54) is 4.57 Å². The number of para-hydroxylation sites is 1. The van der Waals surface area contributed by atoms with Gasteiger partial charge in [0.15, 0.2) is 0 Å². The van der Waals surface area contributed by atoms with E-state index in [-0.39, 0.29) is 24.9 Å². The lowest BCUT2D eigenvalue weighted by Gasteiger charge is -2.12. The molecule has 0 aliphatic carbocycles. The van der Waals surface area contributed by atoms with Crippen molar-refractivity contribution in [2.24, 2.45) is 0 Å². The van der Waals surface area contributed by atoms with Crippen LogP contribution in [0.4, 0.5) is 0 Å². The van der Waals surface area contributed by atoms with Gasteiger partial charge in [0.05, 0.1) is 17.3 Å². The fraction of sp³-hybridized carbons (Fsp3) is 0.357. The van der Waals surface area contributed by atoms with Crippen molar-refractivity contribution in [3.63, 3.8) is 0 Å². The number of carbonyl (C=O) groups is 1. The molecule has 1 aromatic heterocycles. The predicted octanol–water partition coefficient (Wildman–Crippen LogP) is 0.792. The molecule has 0 aliphatic rings. The number of carboxylic acid groups (broad SMARTS) is 1. The molecule has 7 heteroatoms. The summed E-state index contributed by atoms with van der Waals surface area (Å²) < 4.78 is 12.7. The second-order valence-corrected chi connectivity index (χ2v) is 6.23. The molecule has 6 nitrogen and oxygen atoms in total. The van der Waals surface area contributed by atoms with Gasteiger partial charge in [0.1, 0.15) is 5.82 Å². The molecule has 0 spiro atoms. The molecule has 0 fully saturated rings. The molecule has 1 N–H and O–H groups in total. The Balaban J connectivity index is 2.50. The van der Waals surface area contributed by atoms with Crippen LogP contribution in [0.5, 0.6) is 0 Å². The molecule has 112 valence electrons. The first-order valence-electron chi connectivity index (χ1n) is 6.49. The average molecular weight is 308 g/mol. The highest BCUT2D eigenvalue weighted by Crippen LogP contribution is 2.09. The minimum atomic E-state index is -1.03. The molecule has 2 aromatic rings. The summed E-state index contributed by atoms with van der Waals surface area (Å²) in [6.07, 6.45) is 1.64. The van der Waals surface area contributed by atoms with Crippen molar-refractivity contribution in [3.05, 3.63) is 40.4 Å². The molecule has 0 saturated heterocycles. The maximum Gasteiger partial charge on any atom is 0.303 e. The highest BCUT2D eigenvalue weighted by molar-refractivity contribution is 7.84. The van der Waals surface area contributed by atoms with Gasteiger partial charge < -0.3 is 5.11 Å². The smallest absolute Gasteiger partial charge is 0.303 e. The molecule has 0 saturated carbocycles. The minimum absolute atomic E-state index is 0.0972. The number of rotatable bonds is 6. The van der Waals surface area contributed by atoms with Crippen LogP contribution in [0.3, 0.4) is 0 Å². The Morgan fingerprint density at radius 1 is 1.38 bits per heavy atom. The Kier molecular flexibility index (Phi) is 4.85. The van der Waals surface area contributed by atoms with Crippen LogP contribution in [0.25, 0.3) is 10.9 Å². The van der Waals surface area contributed by atoms with Crippen molar-refractivity contribution in [2.75, 3.05) is 12.0 Å². The van der Waals surface area contributed by atoms with Crippen molar-refractivity contribution in [1.29, 1.82) is 0 Å². The molecule has 21 heavy (non-hydrogen) atoms. The van der Waals surface area contributed by atoms with Gasteiger partial charge in [-0.15, -0.1) is 0 Å². The molecule has 0 bridgehead atoms. The zero-order chi connectivity index (χ0) is 15.4. The Bertz CT molecular complexity index is 754. The first kappa shape index (κ1) is 15.4. The largest absolute Gasteiger partial charge is 0.481 e. The maximum absolute atomic E-state index is 12.5. The van der Waals surface area contributed by atoms with E-state index in [1.54, 1.807) is 30.5 Å². The molecular formula is C14H16N2O4S. The number of fused-ring (bicyclic) bond motifs is 1. The van der Waals surface area contributed by atoms with Crippen LogP contribution in [0, 0.1) is 0 Å². The molecule has 0 aliphatic heterocycles. The Labute approximate surface area is 123 Å². The van der Waals surface area contributed by atoms with Crippen molar-refractivity contribution in [1.82, 2.24) is 9.55 Å². The van der Waals surface area contributed by atoms with Gasteiger partial charge in [0.25, 0.3) is 5.56 Å². The van der Waals surface area contributed by atoms with Crippen LogP contribution in [-0.4, -0.2) is 36.8 Å². The molecule has 1 atom stereocenters. The normalized spacial score (nSPS) is 12.4. The Morgan fingerprint density at radius 2 is 2.10 bits per heavy atom. The van der Waals surface area contributed by atoms with E-state index in [9.17, 15) is 13.8 Å². The zero-order valence-corrected chi connectivity index (χ0v) is 12.4. The van der Waals surface area contributed by atoms with Gasteiger partial charge in [0, 0.05) is 35.8 Å². The molecular weight excluding hydrogens is 292 g/mol. The fourth-order valence-electron chi connectivity index (χ4n) is 2.07. The van der Waals surface area contributed by atoms with Gasteiger partial charge in [-0.1, -0.05) is 12.1 Å². The second kappa shape index (κ2) is 6.62. The molecule has 0 amide bonds. The van der Waals surface area contributed by atoms with Crippen molar-refractivity contribution in [2.45, 2.75) is 19.4 Å². The topological polar surface area (TPSA) is 89.3 Å². The monoisotopic (exact) mass is 308 g/mol. The molecule has 1 heterocycles. The standard InChI is InChI=1S/C14H16N2O4S/c1-21(20)9-8-16-12(6-7-13(17)18)15-11-5-3-2-4-10(11)14(16)19/h2-5H,6-9H2,1H3,(H,17,18). The number of carboxylic acids is 1. The maximum atomic E-state index is 12.5. The van der Waals surface area contributed by atoms with E-state index in [2.05, 4.69) is 4.98 Å². The lowest BCUT2D eigenvalue weighted by atomic mass is 10.2. The zero-order valence-electron chi connectivity index (χ0n) is 11.6. The molecule has 1 unspecified atom stereocenters. The van der Waals surface area contributed by atoms with Gasteiger partial charge >= 0.3 is 5.97 Å². The summed E-state index contributed by atoms with van der Waals surface area (Å²) in [5, 5.41) is 9.29. The van der Waals surface area contributed by atoms with Crippen molar-refractivity contribution >= 4 is 27.7 Å². The Morgan fingerprint density at radius 3 is 2.76 bits per heavy atom. The third-order valence-corrected chi connectivity index (χ3v) is 3.86. The van der Waals surface area contributed by atoms with Gasteiger partial charge in [-0.3, -0.25) is 18.4 Å². The quantitative estimate of drug-likeness (QED) is 0.852. The summed E-state index contributed by atoms with van der Waals surface area (Å²) in [4.78, 5) is 27.6. The fourth-order valence-corrected chi connectivity index (χ4v) is 2.51. The summed E-state index contributed by atoms with van der Waals surface area (Å²) in [5.41, 5.74) is 0.336. The highest BCUT2D eigenvalue weighted by atomic mass is 32.2. The van der Waals surface area contributed by atoms with Crippen LogP contribution in [0.1, 0.15) is 12.2 Å².